The molecule has 0 unspecified atom stereocenters. The molecule has 0 spiro atoms. The average Bonchev–Trinajstić information content (AvgIpc) is 3.03. The van der Waals surface area contributed by atoms with E-state index in [0.717, 1.165) is 16.7 Å². The highest BCUT2D eigenvalue weighted by atomic mass is 32.2. The Morgan fingerprint density at radius 2 is 1.81 bits per heavy atom. The van der Waals surface area contributed by atoms with E-state index in [2.05, 4.69) is 4.98 Å². The zero-order valence-electron chi connectivity index (χ0n) is 16.0. The minimum absolute atomic E-state index is 0.211. The van der Waals surface area contributed by atoms with E-state index in [1.54, 1.807) is 48.7 Å². The first-order valence-electron chi connectivity index (χ1n) is 9.20. The van der Waals surface area contributed by atoms with E-state index in [4.69, 9.17) is 17.3 Å². The molecule has 0 aliphatic carbocycles. The molecule has 0 saturated carbocycles. The number of carbonyl (C=O) groups is 2. The van der Waals surface area contributed by atoms with Crippen molar-refractivity contribution in [2.75, 3.05) is 0 Å². The number of thiocarbonyl (C=S) groups is 1. The normalized spacial score (nSPS) is 15.0. The standard InChI is InChI=1S/C23H15FN2O3S2/c24-18-7-1-14(2-8-18)13-26-21(27)20(31-23(26)30)12-19-11-17(9-10-25-19)15-3-5-16(6-4-15)22(28)29/h1-12H,13H2,(H,28,29)/b20-12-. The van der Waals surface area contributed by atoms with Crippen LogP contribution in [0.3, 0.4) is 0 Å². The van der Waals surface area contributed by atoms with Gasteiger partial charge in [-0.05, 0) is 59.2 Å². The Kier molecular flexibility index (Phi) is 5.92. The molecule has 2 aromatic carbocycles. The maximum absolute atomic E-state index is 13.1. The summed E-state index contributed by atoms with van der Waals surface area (Å²) >= 11 is 6.55. The maximum atomic E-state index is 13.1. The predicted molar refractivity (Wildman–Crippen MR) is 122 cm³/mol. The Morgan fingerprint density at radius 3 is 2.48 bits per heavy atom. The highest BCUT2D eigenvalue weighted by Crippen LogP contribution is 2.33. The first kappa shape index (κ1) is 20.9. The number of halogens is 1. The Morgan fingerprint density at radius 1 is 1.10 bits per heavy atom. The summed E-state index contributed by atoms with van der Waals surface area (Å²) in [6.07, 6.45) is 3.31. The van der Waals surface area contributed by atoms with Gasteiger partial charge in [0, 0.05) is 6.20 Å². The Bertz CT molecular complexity index is 1210. The SMILES string of the molecule is O=C(O)c1ccc(-c2ccnc(/C=C3\SC(=S)N(Cc4ccc(F)cc4)C3=O)c2)cc1. The van der Waals surface area contributed by atoms with Crippen LogP contribution in [0.15, 0.2) is 71.8 Å². The Labute approximate surface area is 187 Å². The molecule has 31 heavy (non-hydrogen) atoms. The van der Waals surface area contributed by atoms with Crippen LogP contribution in [-0.4, -0.2) is 31.2 Å². The van der Waals surface area contributed by atoms with E-state index in [9.17, 15) is 14.0 Å². The summed E-state index contributed by atoms with van der Waals surface area (Å²) < 4.78 is 13.5. The molecule has 154 valence electrons. The van der Waals surface area contributed by atoms with E-state index in [1.807, 2.05) is 12.1 Å². The van der Waals surface area contributed by atoms with Gasteiger partial charge in [-0.1, -0.05) is 48.2 Å². The molecule has 4 rings (SSSR count). The van der Waals surface area contributed by atoms with E-state index >= 15 is 0 Å². The molecule has 5 nitrogen and oxygen atoms in total. The zero-order chi connectivity index (χ0) is 22.0. The van der Waals surface area contributed by atoms with Gasteiger partial charge in [-0.25, -0.2) is 9.18 Å². The number of carbonyl (C=O) groups excluding carboxylic acids is 1. The van der Waals surface area contributed by atoms with Crippen LogP contribution in [0.25, 0.3) is 17.2 Å². The smallest absolute Gasteiger partial charge is 0.335 e. The van der Waals surface area contributed by atoms with Gasteiger partial charge in [0.15, 0.2) is 0 Å². The van der Waals surface area contributed by atoms with Gasteiger partial charge >= 0.3 is 5.97 Å². The third-order valence-electron chi connectivity index (χ3n) is 4.65. The quantitative estimate of drug-likeness (QED) is 0.436. The number of hydrogen-bond donors (Lipinski definition) is 1. The second-order valence-electron chi connectivity index (χ2n) is 6.75. The van der Waals surface area contributed by atoms with Gasteiger partial charge < -0.3 is 5.11 Å². The van der Waals surface area contributed by atoms with Crippen LogP contribution in [-0.2, 0) is 11.3 Å². The van der Waals surface area contributed by atoms with Crippen molar-refractivity contribution in [2.24, 2.45) is 0 Å². The Balaban J connectivity index is 1.55. The summed E-state index contributed by atoms with van der Waals surface area (Å²) in [7, 11) is 0. The van der Waals surface area contributed by atoms with Gasteiger partial charge in [0.2, 0.25) is 0 Å². The summed E-state index contributed by atoms with van der Waals surface area (Å²) in [5, 5.41) is 9.04. The molecule has 1 N–H and O–H groups in total. The third kappa shape index (κ3) is 4.70. The topological polar surface area (TPSA) is 70.5 Å². The van der Waals surface area contributed by atoms with Crippen molar-refractivity contribution in [1.82, 2.24) is 9.88 Å². The molecule has 1 amide bonds. The van der Waals surface area contributed by atoms with Gasteiger partial charge in [0.25, 0.3) is 5.91 Å². The fraction of sp³-hybridized carbons (Fsp3) is 0.0435. The monoisotopic (exact) mass is 450 g/mol. The van der Waals surface area contributed by atoms with Gasteiger partial charge in [-0.15, -0.1) is 0 Å². The van der Waals surface area contributed by atoms with Crippen LogP contribution in [0.4, 0.5) is 4.39 Å². The number of rotatable bonds is 5. The van der Waals surface area contributed by atoms with Crippen LogP contribution >= 0.6 is 24.0 Å². The third-order valence-corrected chi connectivity index (χ3v) is 6.03. The van der Waals surface area contributed by atoms with Crippen molar-refractivity contribution >= 4 is 46.3 Å². The van der Waals surface area contributed by atoms with E-state index < -0.39 is 5.97 Å². The molecule has 0 radical (unpaired) electrons. The van der Waals surface area contributed by atoms with Gasteiger partial charge in [0.1, 0.15) is 10.1 Å². The molecule has 1 saturated heterocycles. The number of carboxylic acid groups (broad SMARTS) is 1. The molecule has 3 aromatic rings. The first-order valence-corrected chi connectivity index (χ1v) is 10.4. The number of amides is 1. The summed E-state index contributed by atoms with van der Waals surface area (Å²) in [6, 6.07) is 16.1. The number of pyridine rings is 1. The molecule has 8 heteroatoms. The van der Waals surface area contributed by atoms with Gasteiger partial charge in [-0.3, -0.25) is 14.7 Å². The number of aromatic nitrogens is 1. The van der Waals surface area contributed by atoms with Gasteiger partial charge in [-0.2, -0.15) is 0 Å². The molecule has 1 aliphatic heterocycles. The summed E-state index contributed by atoms with van der Waals surface area (Å²) in [5.74, 6) is -1.54. The number of hydrogen-bond acceptors (Lipinski definition) is 5. The zero-order valence-corrected chi connectivity index (χ0v) is 17.6. The lowest BCUT2D eigenvalue weighted by Gasteiger charge is -2.14. The van der Waals surface area contributed by atoms with Gasteiger partial charge in [0.05, 0.1) is 22.7 Å². The highest BCUT2D eigenvalue weighted by Gasteiger charge is 2.32. The van der Waals surface area contributed by atoms with Crippen molar-refractivity contribution in [3.8, 4) is 11.1 Å². The first-order chi connectivity index (χ1) is 14.9. The minimum atomic E-state index is -0.982. The lowest BCUT2D eigenvalue weighted by atomic mass is 10.0. The largest absolute Gasteiger partial charge is 0.478 e. The molecule has 1 aromatic heterocycles. The highest BCUT2D eigenvalue weighted by molar-refractivity contribution is 8.26. The minimum Gasteiger partial charge on any atom is -0.478 e. The summed E-state index contributed by atoms with van der Waals surface area (Å²) in [5.41, 5.74) is 3.26. The second kappa shape index (κ2) is 8.79. The molecular weight excluding hydrogens is 435 g/mol. The molecule has 2 heterocycles. The number of benzene rings is 2. The fourth-order valence-corrected chi connectivity index (χ4v) is 4.29. The molecule has 0 bridgehead atoms. The average molecular weight is 451 g/mol. The molecule has 1 fully saturated rings. The van der Waals surface area contributed by atoms with Crippen LogP contribution in [0, 0.1) is 5.82 Å². The van der Waals surface area contributed by atoms with Crippen LogP contribution in [0.5, 0.6) is 0 Å². The van der Waals surface area contributed by atoms with Crippen LogP contribution < -0.4 is 0 Å². The molecular formula is C23H15FN2O3S2. The second-order valence-corrected chi connectivity index (χ2v) is 8.42. The molecule has 1 aliphatic rings. The van der Waals surface area contributed by atoms with E-state index in [1.165, 1.54) is 28.8 Å². The van der Waals surface area contributed by atoms with E-state index in [0.29, 0.717) is 14.9 Å². The van der Waals surface area contributed by atoms with Crippen LogP contribution in [0.1, 0.15) is 21.6 Å². The fourth-order valence-electron chi connectivity index (χ4n) is 3.06. The van der Waals surface area contributed by atoms with Crippen LogP contribution in [0.2, 0.25) is 0 Å². The van der Waals surface area contributed by atoms with Crippen molar-refractivity contribution in [3.63, 3.8) is 0 Å². The summed E-state index contributed by atoms with van der Waals surface area (Å²) in [4.78, 5) is 30.1. The number of thioether (sulfide) groups is 1. The van der Waals surface area contributed by atoms with Crippen molar-refractivity contribution in [2.45, 2.75) is 6.54 Å². The van der Waals surface area contributed by atoms with E-state index in [-0.39, 0.29) is 23.8 Å². The lowest BCUT2D eigenvalue weighted by Crippen LogP contribution is -2.27. The number of aromatic carboxylic acids is 1. The lowest BCUT2D eigenvalue weighted by molar-refractivity contribution is -0.122. The van der Waals surface area contributed by atoms with Crippen molar-refractivity contribution in [3.05, 3.63) is 94.4 Å². The maximum Gasteiger partial charge on any atom is 0.335 e. The Hall–Kier alpha value is -3.36. The molecule has 0 atom stereocenters. The van der Waals surface area contributed by atoms with Crippen molar-refractivity contribution in [1.29, 1.82) is 0 Å². The number of carboxylic acids is 1. The predicted octanol–water partition coefficient (Wildman–Crippen LogP) is 4.99. The number of nitrogens with zero attached hydrogens (tertiary/aromatic N) is 2. The summed E-state index contributed by atoms with van der Waals surface area (Å²) in [6.45, 7) is 0.270. The van der Waals surface area contributed by atoms with Crippen molar-refractivity contribution < 1.29 is 19.1 Å².